The Hall–Kier alpha value is -0.530. The summed E-state index contributed by atoms with van der Waals surface area (Å²) < 4.78 is 5.45. The van der Waals surface area contributed by atoms with Crippen LogP contribution in [0.2, 0.25) is 0 Å². The van der Waals surface area contributed by atoms with E-state index in [-0.39, 0.29) is 12.1 Å². The van der Waals surface area contributed by atoms with Gasteiger partial charge in [0.15, 0.2) is 0 Å². The number of rotatable bonds is 1. The first kappa shape index (κ1) is 17.5. The van der Waals surface area contributed by atoms with E-state index < -0.39 is 0 Å². The molecule has 1 saturated carbocycles. The van der Waals surface area contributed by atoms with E-state index in [1.165, 1.54) is 71.1 Å². The van der Waals surface area contributed by atoms with Crippen molar-refractivity contribution < 1.29 is 9.53 Å². The van der Waals surface area contributed by atoms with Crippen molar-refractivity contribution in [3.63, 3.8) is 0 Å². The SMILES string of the molecule is CC(=O)OC1CCCCCCC(C)(C)CCCCCC1. The fourth-order valence-corrected chi connectivity index (χ4v) is 3.28. The summed E-state index contributed by atoms with van der Waals surface area (Å²) >= 11 is 0. The van der Waals surface area contributed by atoms with Gasteiger partial charge in [0, 0.05) is 6.92 Å². The van der Waals surface area contributed by atoms with Crippen LogP contribution in [0.25, 0.3) is 0 Å². The van der Waals surface area contributed by atoms with Crippen LogP contribution in [-0.4, -0.2) is 12.1 Å². The normalized spacial score (nSPS) is 23.8. The molecule has 0 N–H and O–H groups in total. The quantitative estimate of drug-likeness (QED) is 0.582. The largest absolute Gasteiger partial charge is 0.463 e. The second-order valence-electron chi connectivity index (χ2n) is 7.30. The van der Waals surface area contributed by atoms with Crippen LogP contribution in [0.5, 0.6) is 0 Å². The van der Waals surface area contributed by atoms with Crippen LogP contribution in [0.15, 0.2) is 0 Å². The monoisotopic (exact) mass is 282 g/mol. The van der Waals surface area contributed by atoms with Crippen molar-refractivity contribution in [3.8, 4) is 0 Å². The van der Waals surface area contributed by atoms with E-state index in [0.717, 1.165) is 12.8 Å². The Labute approximate surface area is 125 Å². The number of esters is 1. The van der Waals surface area contributed by atoms with E-state index in [0.29, 0.717) is 5.41 Å². The van der Waals surface area contributed by atoms with Gasteiger partial charge in [0.05, 0.1) is 0 Å². The van der Waals surface area contributed by atoms with Crippen LogP contribution in [0, 0.1) is 5.41 Å². The van der Waals surface area contributed by atoms with E-state index in [1.807, 2.05) is 0 Å². The lowest BCUT2D eigenvalue weighted by Gasteiger charge is -2.25. The molecule has 1 aliphatic carbocycles. The van der Waals surface area contributed by atoms with Crippen molar-refractivity contribution in [1.82, 2.24) is 0 Å². The number of hydrogen-bond acceptors (Lipinski definition) is 2. The number of carbonyl (C=O) groups excluding carboxylic acids is 1. The van der Waals surface area contributed by atoms with E-state index in [1.54, 1.807) is 0 Å². The first-order chi connectivity index (χ1) is 9.49. The zero-order valence-corrected chi connectivity index (χ0v) is 13.9. The summed E-state index contributed by atoms with van der Waals surface area (Å²) in [6.07, 6.45) is 15.4. The van der Waals surface area contributed by atoms with Crippen molar-refractivity contribution in [3.05, 3.63) is 0 Å². The van der Waals surface area contributed by atoms with Gasteiger partial charge in [-0.1, -0.05) is 52.4 Å². The van der Waals surface area contributed by atoms with Gasteiger partial charge >= 0.3 is 5.97 Å². The Bertz CT molecular complexity index is 253. The fraction of sp³-hybridized carbons (Fsp3) is 0.944. The molecule has 118 valence electrons. The zero-order chi connectivity index (χ0) is 14.8. The Morgan fingerprint density at radius 3 is 1.75 bits per heavy atom. The lowest BCUT2D eigenvalue weighted by molar-refractivity contribution is -0.147. The summed E-state index contributed by atoms with van der Waals surface area (Å²) in [5.74, 6) is -0.113. The highest BCUT2D eigenvalue weighted by Gasteiger charge is 2.17. The summed E-state index contributed by atoms with van der Waals surface area (Å²) in [5, 5.41) is 0. The molecule has 0 radical (unpaired) electrons. The third-order valence-corrected chi connectivity index (χ3v) is 4.59. The highest BCUT2D eigenvalue weighted by atomic mass is 16.5. The van der Waals surface area contributed by atoms with Crippen LogP contribution in [0.4, 0.5) is 0 Å². The summed E-state index contributed by atoms with van der Waals surface area (Å²) in [6, 6.07) is 0. The van der Waals surface area contributed by atoms with Crippen molar-refractivity contribution in [2.24, 2.45) is 5.41 Å². The molecule has 0 spiro atoms. The molecule has 0 saturated heterocycles. The van der Waals surface area contributed by atoms with Gasteiger partial charge in [-0.15, -0.1) is 0 Å². The molecule has 2 heteroatoms. The fourth-order valence-electron chi connectivity index (χ4n) is 3.28. The van der Waals surface area contributed by atoms with Gasteiger partial charge in [0.25, 0.3) is 0 Å². The van der Waals surface area contributed by atoms with Crippen molar-refractivity contribution in [2.75, 3.05) is 0 Å². The smallest absolute Gasteiger partial charge is 0.302 e. The lowest BCUT2D eigenvalue weighted by Crippen LogP contribution is -2.16. The third-order valence-electron chi connectivity index (χ3n) is 4.59. The molecule has 0 heterocycles. The van der Waals surface area contributed by atoms with E-state index >= 15 is 0 Å². The summed E-state index contributed by atoms with van der Waals surface area (Å²) in [4.78, 5) is 11.1. The van der Waals surface area contributed by atoms with E-state index in [4.69, 9.17) is 4.74 Å². The van der Waals surface area contributed by atoms with Crippen molar-refractivity contribution in [2.45, 2.75) is 104 Å². The molecule has 0 atom stereocenters. The van der Waals surface area contributed by atoms with Gasteiger partial charge in [-0.2, -0.15) is 0 Å². The third kappa shape index (κ3) is 8.60. The van der Waals surface area contributed by atoms with Gasteiger partial charge in [-0.25, -0.2) is 0 Å². The second-order valence-corrected chi connectivity index (χ2v) is 7.30. The first-order valence-corrected chi connectivity index (χ1v) is 8.67. The summed E-state index contributed by atoms with van der Waals surface area (Å²) in [5.41, 5.74) is 0.532. The molecule has 1 rings (SSSR count). The second kappa shape index (κ2) is 9.41. The van der Waals surface area contributed by atoms with Crippen molar-refractivity contribution >= 4 is 5.97 Å². The predicted octanol–water partition coefficient (Wildman–Crippen LogP) is 5.64. The minimum absolute atomic E-state index is 0.113. The molecule has 0 amide bonds. The molecular formula is C18H34O2. The van der Waals surface area contributed by atoms with Crippen LogP contribution < -0.4 is 0 Å². The zero-order valence-electron chi connectivity index (χ0n) is 13.9. The standard InChI is InChI=1S/C18H34O2/c1-16(19)20-17-12-8-4-6-10-14-18(2,3)15-11-7-5-9-13-17/h17H,4-15H2,1-3H3. The molecule has 0 aromatic rings. The number of carbonyl (C=O) groups is 1. The van der Waals surface area contributed by atoms with Crippen molar-refractivity contribution in [1.29, 1.82) is 0 Å². The first-order valence-electron chi connectivity index (χ1n) is 8.67. The van der Waals surface area contributed by atoms with Crippen LogP contribution >= 0.6 is 0 Å². The molecule has 1 aliphatic rings. The summed E-state index contributed by atoms with van der Waals surface area (Å²) in [6.45, 7) is 6.39. The maximum Gasteiger partial charge on any atom is 0.302 e. The highest BCUT2D eigenvalue weighted by molar-refractivity contribution is 5.66. The molecule has 20 heavy (non-hydrogen) atoms. The minimum atomic E-state index is -0.113. The highest BCUT2D eigenvalue weighted by Crippen LogP contribution is 2.31. The molecule has 2 nitrogen and oxygen atoms in total. The molecule has 0 unspecified atom stereocenters. The Morgan fingerprint density at radius 1 is 0.850 bits per heavy atom. The number of ether oxygens (including phenoxy) is 1. The van der Waals surface area contributed by atoms with E-state index in [2.05, 4.69) is 13.8 Å². The molecule has 0 aliphatic heterocycles. The van der Waals surface area contributed by atoms with E-state index in [9.17, 15) is 4.79 Å². The molecule has 0 aromatic heterocycles. The lowest BCUT2D eigenvalue weighted by atomic mass is 9.81. The molecule has 0 bridgehead atoms. The number of hydrogen-bond donors (Lipinski definition) is 0. The Morgan fingerprint density at radius 2 is 1.30 bits per heavy atom. The average Bonchev–Trinajstić information content (AvgIpc) is 2.35. The Kier molecular flexibility index (Phi) is 8.25. The van der Waals surface area contributed by atoms with Gasteiger partial charge in [-0.3, -0.25) is 4.79 Å². The molecular weight excluding hydrogens is 248 g/mol. The molecule has 1 fully saturated rings. The van der Waals surface area contributed by atoms with Crippen LogP contribution in [0.1, 0.15) is 97.8 Å². The van der Waals surface area contributed by atoms with Gasteiger partial charge < -0.3 is 4.74 Å². The maximum atomic E-state index is 11.1. The molecule has 0 aromatic carbocycles. The van der Waals surface area contributed by atoms with Gasteiger partial charge in [0.2, 0.25) is 0 Å². The predicted molar refractivity (Wildman–Crippen MR) is 84.7 cm³/mol. The topological polar surface area (TPSA) is 26.3 Å². The minimum Gasteiger partial charge on any atom is -0.463 e. The van der Waals surface area contributed by atoms with Gasteiger partial charge in [-0.05, 0) is 43.9 Å². The van der Waals surface area contributed by atoms with Crippen LogP contribution in [-0.2, 0) is 9.53 Å². The van der Waals surface area contributed by atoms with Crippen LogP contribution in [0.3, 0.4) is 0 Å². The average molecular weight is 282 g/mol. The van der Waals surface area contributed by atoms with Gasteiger partial charge in [0.1, 0.15) is 6.10 Å². The summed E-state index contributed by atoms with van der Waals surface area (Å²) in [7, 11) is 0. The maximum absolute atomic E-state index is 11.1. The Balaban J connectivity index is 2.38.